The van der Waals surface area contributed by atoms with Crippen LogP contribution in [0.2, 0.25) is 0 Å². The van der Waals surface area contributed by atoms with Crippen LogP contribution in [0.25, 0.3) is 0 Å². The molecule has 1 aromatic heterocycles. The van der Waals surface area contributed by atoms with Crippen molar-refractivity contribution in [3.05, 3.63) is 51.5 Å². The fraction of sp³-hybridized carbons (Fsp3) is 0.167. The molecular weight excluding hydrogens is 244 g/mol. The zero-order chi connectivity index (χ0) is 12.4. The third-order valence-electron chi connectivity index (χ3n) is 2.22. The molecule has 0 unspecified atom stereocenters. The Labute approximate surface area is 101 Å². The number of benzene rings is 1. The molecule has 0 aliphatic carbocycles. The van der Waals surface area contributed by atoms with E-state index in [9.17, 15) is 13.6 Å². The average Bonchev–Trinajstić information content (AvgIpc) is 2.63. The van der Waals surface area contributed by atoms with Gasteiger partial charge in [-0.3, -0.25) is 4.79 Å². The monoisotopic (exact) mass is 253 g/mol. The van der Waals surface area contributed by atoms with E-state index in [0.717, 1.165) is 17.8 Å². The molecule has 2 nitrogen and oxygen atoms in total. The molecule has 2 rings (SSSR count). The lowest BCUT2D eigenvalue weighted by atomic mass is 10.1. The lowest BCUT2D eigenvalue weighted by Crippen LogP contribution is -2.08. The zero-order valence-electron chi connectivity index (χ0n) is 9.04. The first-order valence-electron chi connectivity index (χ1n) is 4.96. The highest BCUT2D eigenvalue weighted by Gasteiger charge is 2.18. The van der Waals surface area contributed by atoms with Gasteiger partial charge in [0.15, 0.2) is 5.78 Å². The smallest absolute Gasteiger partial charge is 0.175 e. The first-order valence-corrected chi connectivity index (χ1v) is 5.84. The highest BCUT2D eigenvalue weighted by atomic mass is 32.1. The molecule has 1 heterocycles. The molecule has 0 fully saturated rings. The molecule has 0 bridgehead atoms. The molecule has 0 saturated carbocycles. The number of thiazole rings is 1. The fourth-order valence-corrected chi connectivity index (χ4v) is 2.24. The maximum Gasteiger partial charge on any atom is 0.175 e. The molecule has 0 atom stereocenters. The lowest BCUT2D eigenvalue weighted by molar-refractivity contribution is 0.0985. The Bertz CT molecular complexity index is 545. The van der Waals surface area contributed by atoms with E-state index in [2.05, 4.69) is 4.98 Å². The summed E-state index contributed by atoms with van der Waals surface area (Å²) in [6, 6.07) is 3.38. The third kappa shape index (κ3) is 2.55. The van der Waals surface area contributed by atoms with E-state index >= 15 is 0 Å². The van der Waals surface area contributed by atoms with Crippen molar-refractivity contribution >= 4 is 17.1 Å². The van der Waals surface area contributed by atoms with Crippen molar-refractivity contribution in [1.29, 1.82) is 0 Å². The first-order chi connectivity index (χ1) is 8.08. The second-order valence-corrected chi connectivity index (χ2v) is 4.52. The summed E-state index contributed by atoms with van der Waals surface area (Å²) in [6.07, 6.45) is -0.0731. The average molecular weight is 253 g/mol. The molecule has 2 aromatic rings. The van der Waals surface area contributed by atoms with Crippen LogP contribution < -0.4 is 0 Å². The predicted octanol–water partition coefficient (Wildman–Crippen LogP) is 3.16. The number of Topliss-reactive ketones (excluding diaryl/α,β-unsaturated/α-hetero) is 1. The number of halogens is 2. The zero-order valence-corrected chi connectivity index (χ0v) is 9.85. The number of carbonyl (C=O) groups is 1. The predicted molar refractivity (Wildman–Crippen MR) is 61.2 cm³/mol. The third-order valence-corrected chi connectivity index (χ3v) is 3.19. The quantitative estimate of drug-likeness (QED) is 0.786. The second-order valence-electron chi connectivity index (χ2n) is 3.58. The van der Waals surface area contributed by atoms with Crippen LogP contribution in [0.4, 0.5) is 8.78 Å². The van der Waals surface area contributed by atoms with Crippen LogP contribution in [0.15, 0.2) is 23.6 Å². The Morgan fingerprint density at radius 3 is 2.53 bits per heavy atom. The van der Waals surface area contributed by atoms with Gasteiger partial charge in [0, 0.05) is 11.1 Å². The van der Waals surface area contributed by atoms with Crippen molar-refractivity contribution in [3.63, 3.8) is 0 Å². The van der Waals surface area contributed by atoms with E-state index in [1.807, 2.05) is 0 Å². The summed E-state index contributed by atoms with van der Waals surface area (Å²) in [5.74, 6) is -2.25. The van der Waals surface area contributed by atoms with E-state index in [-0.39, 0.29) is 6.42 Å². The minimum atomic E-state index is -0.830. The van der Waals surface area contributed by atoms with Crippen molar-refractivity contribution < 1.29 is 13.6 Å². The number of aromatic nitrogens is 1. The van der Waals surface area contributed by atoms with Crippen molar-refractivity contribution in [2.24, 2.45) is 0 Å². The number of nitrogens with zero attached hydrogens (tertiary/aromatic N) is 1. The van der Waals surface area contributed by atoms with Crippen molar-refractivity contribution in [3.8, 4) is 0 Å². The summed E-state index contributed by atoms with van der Waals surface area (Å²) >= 11 is 1.31. The van der Waals surface area contributed by atoms with Gasteiger partial charge in [-0.05, 0) is 19.1 Å². The summed E-state index contributed by atoms with van der Waals surface area (Å²) in [5, 5.41) is 2.36. The molecule has 5 heteroatoms. The molecule has 0 aliphatic rings. The van der Waals surface area contributed by atoms with Gasteiger partial charge in [0.25, 0.3) is 0 Å². The molecule has 88 valence electrons. The summed E-state index contributed by atoms with van der Waals surface area (Å²) in [6.45, 7) is 1.80. The normalized spacial score (nSPS) is 10.5. The molecule has 0 aliphatic heterocycles. The Balaban J connectivity index is 2.26. The highest BCUT2D eigenvalue weighted by Crippen LogP contribution is 2.17. The Hall–Kier alpha value is -1.62. The summed E-state index contributed by atoms with van der Waals surface area (Å²) in [5.41, 5.74) is 0.312. The number of hydrogen-bond acceptors (Lipinski definition) is 3. The van der Waals surface area contributed by atoms with E-state index in [1.165, 1.54) is 17.4 Å². The summed E-state index contributed by atoms with van der Waals surface area (Å²) < 4.78 is 26.7. The Kier molecular flexibility index (Phi) is 3.28. The van der Waals surface area contributed by atoms with Gasteiger partial charge in [-0.25, -0.2) is 13.8 Å². The fourth-order valence-electron chi connectivity index (χ4n) is 1.47. The van der Waals surface area contributed by atoms with Gasteiger partial charge in [0.1, 0.15) is 16.6 Å². The molecule has 0 saturated heterocycles. The first kappa shape index (κ1) is 11.9. The molecule has 0 radical (unpaired) electrons. The number of carbonyl (C=O) groups excluding carboxylic acids is 1. The molecule has 17 heavy (non-hydrogen) atoms. The van der Waals surface area contributed by atoms with Gasteiger partial charge in [0.2, 0.25) is 0 Å². The van der Waals surface area contributed by atoms with Gasteiger partial charge in [0.05, 0.1) is 12.0 Å². The second kappa shape index (κ2) is 4.71. The largest absolute Gasteiger partial charge is 0.293 e. The number of rotatable bonds is 3. The van der Waals surface area contributed by atoms with Gasteiger partial charge in [-0.2, -0.15) is 0 Å². The molecule has 1 aromatic carbocycles. The summed E-state index contributed by atoms with van der Waals surface area (Å²) in [4.78, 5) is 15.8. The van der Waals surface area contributed by atoms with E-state index in [0.29, 0.717) is 5.01 Å². The maximum atomic E-state index is 13.3. The van der Waals surface area contributed by atoms with Crippen molar-refractivity contribution in [1.82, 2.24) is 4.98 Å². The molecular formula is C12H9F2NOS. The minimum Gasteiger partial charge on any atom is -0.293 e. The topological polar surface area (TPSA) is 30.0 Å². The van der Waals surface area contributed by atoms with Crippen LogP contribution in [-0.2, 0) is 6.42 Å². The van der Waals surface area contributed by atoms with Crippen molar-refractivity contribution in [2.75, 3.05) is 0 Å². The molecule has 0 N–H and O–H groups in total. The SMILES string of the molecule is Cc1csc(CC(=O)c2c(F)cccc2F)n1. The van der Waals surface area contributed by atoms with Gasteiger partial charge in [-0.15, -0.1) is 11.3 Å². The van der Waals surface area contributed by atoms with E-state index < -0.39 is 23.0 Å². The minimum absolute atomic E-state index is 0.0731. The Morgan fingerprint density at radius 1 is 1.35 bits per heavy atom. The van der Waals surface area contributed by atoms with Crippen molar-refractivity contribution in [2.45, 2.75) is 13.3 Å². The highest BCUT2D eigenvalue weighted by molar-refractivity contribution is 7.09. The standard InChI is InChI=1S/C12H9F2NOS/c1-7-6-17-11(15-7)5-10(16)12-8(13)3-2-4-9(12)14/h2-4,6H,5H2,1H3. The van der Waals surface area contributed by atoms with E-state index in [4.69, 9.17) is 0 Å². The van der Waals surface area contributed by atoms with Crippen LogP contribution in [0.3, 0.4) is 0 Å². The van der Waals surface area contributed by atoms with Crippen LogP contribution in [-0.4, -0.2) is 10.8 Å². The molecule has 0 amide bonds. The van der Waals surface area contributed by atoms with Crippen LogP contribution in [0, 0.1) is 18.6 Å². The van der Waals surface area contributed by atoms with Crippen LogP contribution >= 0.6 is 11.3 Å². The number of hydrogen-bond donors (Lipinski definition) is 0. The lowest BCUT2D eigenvalue weighted by Gasteiger charge is -2.02. The Morgan fingerprint density at radius 2 is 2.00 bits per heavy atom. The van der Waals surface area contributed by atoms with E-state index in [1.54, 1.807) is 12.3 Å². The van der Waals surface area contributed by atoms with Crippen LogP contribution in [0.1, 0.15) is 21.1 Å². The molecule has 0 spiro atoms. The number of aryl methyl sites for hydroxylation is 1. The number of ketones is 1. The van der Waals surface area contributed by atoms with Gasteiger partial charge in [-0.1, -0.05) is 6.07 Å². The van der Waals surface area contributed by atoms with Gasteiger partial charge >= 0.3 is 0 Å². The maximum absolute atomic E-state index is 13.3. The van der Waals surface area contributed by atoms with Crippen LogP contribution in [0.5, 0.6) is 0 Å². The van der Waals surface area contributed by atoms with Gasteiger partial charge < -0.3 is 0 Å². The summed E-state index contributed by atoms with van der Waals surface area (Å²) in [7, 11) is 0.